The number of hydrogen-bond donors (Lipinski definition) is 2. The molecule has 1 heterocycles. The number of aryl methyl sites for hydroxylation is 2. The summed E-state index contributed by atoms with van der Waals surface area (Å²) in [7, 11) is 0. The van der Waals surface area contributed by atoms with Crippen LogP contribution >= 0.6 is 0 Å². The molecule has 3 aromatic rings. The van der Waals surface area contributed by atoms with Crippen molar-refractivity contribution in [3.8, 4) is 5.75 Å². The number of rotatable bonds is 0. The van der Waals surface area contributed by atoms with Crippen LogP contribution in [0.4, 0.5) is 0 Å². The Bertz CT molecular complexity index is 881. The van der Waals surface area contributed by atoms with Crippen LogP contribution in [0.15, 0.2) is 30.3 Å². The number of hydrogen-bond acceptors (Lipinski definition) is 3. The largest absolute Gasteiger partial charge is 0.502 e. The number of para-hydroxylation sites is 1. The number of phenolic OH excluding ortho intramolecular Hbond substituents is 1. The number of fused-ring (bicyclic) bond motifs is 2. The maximum absolute atomic E-state index is 12.4. The lowest BCUT2D eigenvalue weighted by molar-refractivity contribution is -0.433. The summed E-state index contributed by atoms with van der Waals surface area (Å²) >= 11 is 0. The van der Waals surface area contributed by atoms with E-state index >= 15 is 0 Å². The van der Waals surface area contributed by atoms with Gasteiger partial charge in [-0.25, -0.2) is 0 Å². The smallest absolute Gasteiger partial charge is 0.331 e. The zero-order valence-corrected chi connectivity index (χ0v) is 10.6. The van der Waals surface area contributed by atoms with Crippen LogP contribution in [0.25, 0.3) is 22.1 Å². The maximum atomic E-state index is 12.4. The van der Waals surface area contributed by atoms with Crippen LogP contribution in [-0.4, -0.2) is 15.0 Å². The summed E-state index contributed by atoms with van der Waals surface area (Å²) in [6.45, 7) is 3.81. The molecule has 0 amide bonds. The average molecular weight is 257 g/mol. The highest BCUT2D eigenvalue weighted by Crippen LogP contribution is 2.24. The van der Waals surface area contributed by atoms with E-state index in [2.05, 4.69) is 0 Å². The van der Waals surface area contributed by atoms with Crippen molar-refractivity contribution in [3.05, 3.63) is 46.4 Å². The molecule has 0 unspecified atom stereocenters. The number of aromatic nitrogens is 2. The molecule has 0 aliphatic rings. The molecule has 3 rings (SSSR count). The van der Waals surface area contributed by atoms with Crippen LogP contribution in [-0.2, 0) is 0 Å². The molecular weight excluding hydrogens is 244 g/mol. The first-order valence-corrected chi connectivity index (χ1v) is 5.90. The van der Waals surface area contributed by atoms with Crippen molar-refractivity contribution in [3.63, 3.8) is 0 Å². The van der Waals surface area contributed by atoms with Gasteiger partial charge in [0.25, 0.3) is 5.52 Å². The van der Waals surface area contributed by atoms with Gasteiger partial charge in [0.1, 0.15) is 0 Å². The Morgan fingerprint density at radius 2 is 1.79 bits per heavy atom. The van der Waals surface area contributed by atoms with E-state index in [1.165, 1.54) is 6.07 Å². The van der Waals surface area contributed by atoms with Gasteiger partial charge in [-0.05, 0) is 43.2 Å². The fourth-order valence-corrected chi connectivity index (χ4v) is 2.27. The summed E-state index contributed by atoms with van der Waals surface area (Å²) in [5, 5.41) is 20.0. The van der Waals surface area contributed by atoms with Gasteiger partial charge < -0.3 is 10.3 Å². The van der Waals surface area contributed by atoms with E-state index in [1.54, 1.807) is 24.3 Å². The van der Waals surface area contributed by atoms with Crippen LogP contribution in [0.5, 0.6) is 5.75 Å². The fraction of sp³-hybridized carbons (Fsp3) is 0.143. The number of benzene rings is 2. The van der Waals surface area contributed by atoms with Crippen molar-refractivity contribution in [2.75, 3.05) is 0 Å². The zero-order valence-electron chi connectivity index (χ0n) is 10.6. The molecule has 0 aliphatic heterocycles. The molecule has 0 saturated heterocycles. The predicted molar refractivity (Wildman–Crippen MR) is 71.1 cm³/mol. The molecule has 0 spiro atoms. The Morgan fingerprint density at radius 1 is 1.11 bits per heavy atom. The molecule has 0 bridgehead atoms. The lowest BCUT2D eigenvalue weighted by Gasteiger charge is -2.06. The van der Waals surface area contributed by atoms with E-state index in [-0.39, 0.29) is 16.8 Å². The van der Waals surface area contributed by atoms with Crippen LogP contribution in [0.2, 0.25) is 0 Å². The van der Waals surface area contributed by atoms with Gasteiger partial charge in [-0.3, -0.25) is 0 Å². The standard InChI is InChI=1S/C14H12N2O3/c1-8-6-11-12(7-9(8)2)16(19)14-10(15(11)18)4-3-5-13(14)17/h3-7,18H,1-2H3/p+1. The Balaban J connectivity index is 2.69. The summed E-state index contributed by atoms with van der Waals surface area (Å²) in [5.74, 6) is -0.157. The van der Waals surface area contributed by atoms with Crippen molar-refractivity contribution < 1.29 is 14.7 Å². The van der Waals surface area contributed by atoms with Gasteiger partial charge in [0, 0.05) is 11.0 Å². The van der Waals surface area contributed by atoms with Crippen molar-refractivity contribution in [2.45, 2.75) is 13.8 Å². The van der Waals surface area contributed by atoms with Gasteiger partial charge in [-0.2, -0.15) is 4.73 Å². The molecule has 0 saturated carbocycles. The monoisotopic (exact) mass is 257 g/mol. The molecule has 2 N–H and O–H groups in total. The Morgan fingerprint density at radius 3 is 2.53 bits per heavy atom. The normalized spacial score (nSPS) is 11.3. The van der Waals surface area contributed by atoms with E-state index in [1.807, 2.05) is 13.8 Å². The third-order valence-electron chi connectivity index (χ3n) is 3.46. The Kier molecular flexibility index (Phi) is 2.25. The van der Waals surface area contributed by atoms with Gasteiger partial charge >= 0.3 is 5.52 Å². The number of aromatic hydroxyl groups is 1. The molecule has 96 valence electrons. The minimum absolute atomic E-state index is 0.0563. The highest BCUT2D eigenvalue weighted by atomic mass is 16.5. The van der Waals surface area contributed by atoms with Gasteiger partial charge in [-0.1, -0.05) is 6.07 Å². The maximum Gasteiger partial charge on any atom is 0.331 e. The third-order valence-corrected chi connectivity index (χ3v) is 3.46. The van der Waals surface area contributed by atoms with E-state index in [0.29, 0.717) is 15.5 Å². The predicted octanol–water partition coefficient (Wildman–Crippen LogP) is 2.27. The fourth-order valence-electron chi connectivity index (χ4n) is 2.27. The van der Waals surface area contributed by atoms with Crippen LogP contribution in [0, 0.1) is 18.8 Å². The van der Waals surface area contributed by atoms with Crippen molar-refractivity contribution in [2.24, 2.45) is 0 Å². The van der Waals surface area contributed by atoms with Gasteiger partial charge in [0.15, 0.2) is 16.8 Å². The summed E-state index contributed by atoms with van der Waals surface area (Å²) in [4.78, 5) is 12.4. The molecule has 0 atom stereocenters. The number of phenols is 1. The lowest BCUT2D eigenvalue weighted by atomic mass is 10.1. The first-order chi connectivity index (χ1) is 9.00. The Labute approximate surface area is 108 Å². The average Bonchev–Trinajstić information content (AvgIpc) is 2.38. The van der Waals surface area contributed by atoms with Crippen LogP contribution < -0.4 is 4.43 Å². The van der Waals surface area contributed by atoms with Crippen molar-refractivity contribution in [1.29, 1.82) is 0 Å². The second-order valence-corrected chi connectivity index (χ2v) is 4.68. The highest BCUT2D eigenvalue weighted by molar-refractivity contribution is 5.86. The van der Waals surface area contributed by atoms with E-state index in [0.717, 1.165) is 15.9 Å². The first kappa shape index (κ1) is 11.5. The van der Waals surface area contributed by atoms with Crippen molar-refractivity contribution in [1.82, 2.24) is 4.73 Å². The van der Waals surface area contributed by atoms with E-state index in [9.17, 15) is 15.2 Å². The van der Waals surface area contributed by atoms with E-state index < -0.39 is 0 Å². The molecule has 5 nitrogen and oxygen atoms in total. The first-order valence-electron chi connectivity index (χ1n) is 5.90. The van der Waals surface area contributed by atoms with E-state index in [4.69, 9.17) is 0 Å². The van der Waals surface area contributed by atoms with Crippen molar-refractivity contribution >= 4 is 22.1 Å². The third kappa shape index (κ3) is 1.48. The molecule has 5 heteroatoms. The summed E-state index contributed by atoms with van der Waals surface area (Å²) in [5.41, 5.74) is 2.99. The lowest BCUT2D eigenvalue weighted by Crippen LogP contribution is -2.20. The summed E-state index contributed by atoms with van der Waals surface area (Å²) < 4.78 is 1.59. The molecule has 0 radical (unpaired) electrons. The minimum Gasteiger partial charge on any atom is -0.502 e. The van der Waals surface area contributed by atoms with Crippen LogP contribution in [0.3, 0.4) is 0 Å². The summed E-state index contributed by atoms with van der Waals surface area (Å²) in [6.07, 6.45) is 0. The minimum atomic E-state index is -0.157. The SMILES string of the molecule is Cc1cc2c(cc1C)[n+](=O)c1c(O)cccc1n2O. The zero-order chi connectivity index (χ0) is 13.7. The van der Waals surface area contributed by atoms with Gasteiger partial charge in [-0.15, -0.1) is 0 Å². The molecule has 1 aromatic heterocycles. The van der Waals surface area contributed by atoms with Gasteiger partial charge in [0.05, 0.1) is 4.43 Å². The second-order valence-electron chi connectivity index (χ2n) is 4.68. The number of nitrogens with zero attached hydrogens (tertiary/aromatic N) is 2. The molecule has 0 fully saturated rings. The summed E-state index contributed by atoms with van der Waals surface area (Å²) in [6, 6.07) is 8.04. The molecule has 2 aromatic carbocycles. The molecule has 19 heavy (non-hydrogen) atoms. The topological polar surface area (TPSA) is 68.4 Å². The molecular formula is C14H13N2O3+. The quantitative estimate of drug-likeness (QED) is 0.369. The van der Waals surface area contributed by atoms with Crippen LogP contribution in [0.1, 0.15) is 11.1 Å². The molecule has 0 aliphatic carbocycles. The Hall–Kier alpha value is -2.56. The van der Waals surface area contributed by atoms with Gasteiger partial charge in [0.2, 0.25) is 0 Å². The highest BCUT2D eigenvalue weighted by Gasteiger charge is 2.22. The second kappa shape index (κ2) is 3.71.